The van der Waals surface area contributed by atoms with Crippen molar-refractivity contribution < 1.29 is 32.6 Å². The molecule has 3 N–H and O–H groups in total. The maximum absolute atomic E-state index is 14.3. The molecule has 0 spiro atoms. The zero-order valence-corrected chi connectivity index (χ0v) is 29.2. The summed E-state index contributed by atoms with van der Waals surface area (Å²) in [5, 5.41) is 15.8. The van der Waals surface area contributed by atoms with Crippen LogP contribution in [0.5, 0.6) is 5.75 Å². The van der Waals surface area contributed by atoms with Gasteiger partial charge in [0.25, 0.3) is 5.91 Å². The van der Waals surface area contributed by atoms with Crippen molar-refractivity contribution in [3.8, 4) is 5.75 Å². The van der Waals surface area contributed by atoms with Crippen molar-refractivity contribution in [2.45, 2.75) is 70.1 Å². The summed E-state index contributed by atoms with van der Waals surface area (Å²) in [6, 6.07) is 19.6. The summed E-state index contributed by atoms with van der Waals surface area (Å²) >= 11 is 0. The lowest BCUT2D eigenvalue weighted by Gasteiger charge is -2.35. The minimum absolute atomic E-state index is 0.0770. The molecule has 3 amide bonds. The number of sulfonamides is 1. The van der Waals surface area contributed by atoms with Crippen LogP contribution >= 0.6 is 0 Å². The van der Waals surface area contributed by atoms with Crippen molar-refractivity contribution in [1.82, 2.24) is 9.21 Å². The van der Waals surface area contributed by atoms with Crippen LogP contribution in [-0.4, -0.2) is 86.3 Å². The molecular formula is C36H48N4O7S. The van der Waals surface area contributed by atoms with Crippen LogP contribution in [0.25, 0.3) is 0 Å². The number of likely N-dealkylation sites (N-methyl/N-ethyl adjacent to an activating group) is 1. The van der Waals surface area contributed by atoms with Gasteiger partial charge in [0.05, 0.1) is 35.3 Å². The second-order valence-electron chi connectivity index (χ2n) is 12.6. The highest BCUT2D eigenvalue weighted by Crippen LogP contribution is 2.29. The molecule has 0 saturated carbocycles. The molecule has 4 rings (SSSR count). The van der Waals surface area contributed by atoms with Crippen LogP contribution in [0.15, 0.2) is 77.7 Å². The second kappa shape index (κ2) is 16.9. The van der Waals surface area contributed by atoms with Gasteiger partial charge in [-0.2, -0.15) is 4.31 Å². The van der Waals surface area contributed by atoms with Crippen LogP contribution in [-0.2, 0) is 14.8 Å². The molecule has 4 atom stereocenters. The number of benzene rings is 3. The van der Waals surface area contributed by atoms with E-state index < -0.39 is 34.1 Å². The standard InChI is InChI=1S/C36H48N4O7S/c1-25-14-17-31(18-15-25)48(44,45)39(5)23-34-26(2)22-40(27(3)24-41)35(42)32-21-30(38-36(43)37-29-12-7-6-8-13-29)16-19-33(32)47-28(4)11-9-10-20-46-34/h6-8,12-19,21,26-28,34,41H,9-11,20,22-24H2,1-5H3,(H2,37,38,43)/t26-,27-,28+,34+/m0/s1. The van der Waals surface area contributed by atoms with E-state index in [1.165, 1.54) is 11.4 Å². The first-order valence-corrected chi connectivity index (χ1v) is 17.8. The molecule has 3 aromatic carbocycles. The molecule has 0 bridgehead atoms. The molecule has 1 aliphatic heterocycles. The summed E-state index contributed by atoms with van der Waals surface area (Å²) < 4.78 is 40.8. The summed E-state index contributed by atoms with van der Waals surface area (Å²) in [7, 11) is -2.25. The highest BCUT2D eigenvalue weighted by atomic mass is 32.2. The van der Waals surface area contributed by atoms with Gasteiger partial charge in [0.15, 0.2) is 0 Å². The van der Waals surface area contributed by atoms with Crippen LogP contribution in [0.4, 0.5) is 16.2 Å². The number of hydrogen-bond donors (Lipinski definition) is 3. The number of anilines is 2. The van der Waals surface area contributed by atoms with Crippen LogP contribution < -0.4 is 15.4 Å². The van der Waals surface area contributed by atoms with Crippen molar-refractivity contribution in [2.24, 2.45) is 5.92 Å². The van der Waals surface area contributed by atoms with Gasteiger partial charge in [-0.15, -0.1) is 0 Å². The van der Waals surface area contributed by atoms with Crippen LogP contribution in [0, 0.1) is 12.8 Å². The Hall–Kier alpha value is -3.97. The van der Waals surface area contributed by atoms with E-state index in [0.717, 1.165) is 18.4 Å². The van der Waals surface area contributed by atoms with Crippen molar-refractivity contribution in [2.75, 3.05) is 44.0 Å². The zero-order chi connectivity index (χ0) is 34.8. The highest BCUT2D eigenvalue weighted by molar-refractivity contribution is 7.89. The maximum Gasteiger partial charge on any atom is 0.323 e. The molecule has 1 aliphatic rings. The molecule has 0 saturated heterocycles. The van der Waals surface area contributed by atoms with Crippen molar-refractivity contribution >= 4 is 33.3 Å². The van der Waals surface area contributed by atoms with Gasteiger partial charge in [0.1, 0.15) is 5.75 Å². The van der Waals surface area contributed by atoms with E-state index in [0.29, 0.717) is 30.2 Å². The average molecular weight is 681 g/mol. The number of amides is 3. The number of urea groups is 1. The molecule has 0 radical (unpaired) electrons. The lowest BCUT2D eigenvalue weighted by molar-refractivity contribution is -0.00833. The monoisotopic (exact) mass is 680 g/mol. The zero-order valence-electron chi connectivity index (χ0n) is 28.4. The number of aliphatic hydroxyl groups excluding tert-OH is 1. The predicted octanol–water partition coefficient (Wildman–Crippen LogP) is 5.76. The van der Waals surface area contributed by atoms with Gasteiger partial charge < -0.3 is 30.1 Å². The van der Waals surface area contributed by atoms with Crippen LogP contribution in [0.1, 0.15) is 56.0 Å². The fourth-order valence-electron chi connectivity index (χ4n) is 5.52. The number of carbonyl (C=O) groups excluding carboxylic acids is 2. The molecule has 0 aromatic heterocycles. The number of ether oxygens (including phenoxy) is 2. The average Bonchev–Trinajstić information content (AvgIpc) is 3.06. The smallest absolute Gasteiger partial charge is 0.323 e. The number of carbonyl (C=O) groups is 2. The Labute approximate surface area is 284 Å². The number of fused-ring (bicyclic) bond motifs is 1. The summed E-state index contributed by atoms with van der Waals surface area (Å²) in [6.07, 6.45) is 1.49. The van der Waals surface area contributed by atoms with Gasteiger partial charge in [-0.3, -0.25) is 4.79 Å². The molecule has 3 aromatic rings. The third-order valence-electron chi connectivity index (χ3n) is 8.51. The van der Waals surface area contributed by atoms with Crippen LogP contribution in [0.2, 0.25) is 0 Å². The number of nitrogens with one attached hydrogen (secondary N) is 2. The molecule has 12 heteroatoms. The molecule has 0 aliphatic carbocycles. The summed E-state index contributed by atoms with van der Waals surface area (Å²) in [5.41, 5.74) is 2.21. The minimum atomic E-state index is -3.79. The Morgan fingerprint density at radius 3 is 2.40 bits per heavy atom. The Kier molecular flexibility index (Phi) is 13.0. The Balaban J connectivity index is 1.62. The molecule has 11 nitrogen and oxygen atoms in total. The summed E-state index contributed by atoms with van der Waals surface area (Å²) in [5.74, 6) is -0.338. The lowest BCUT2D eigenvalue weighted by Crippen LogP contribution is -2.48. The first-order valence-electron chi connectivity index (χ1n) is 16.4. The van der Waals surface area contributed by atoms with Gasteiger partial charge in [0, 0.05) is 44.0 Å². The fourth-order valence-corrected chi connectivity index (χ4v) is 6.70. The van der Waals surface area contributed by atoms with E-state index in [1.54, 1.807) is 66.4 Å². The van der Waals surface area contributed by atoms with E-state index in [1.807, 2.05) is 39.0 Å². The number of rotatable bonds is 8. The van der Waals surface area contributed by atoms with E-state index >= 15 is 0 Å². The normalized spacial score (nSPS) is 20.3. The second-order valence-corrected chi connectivity index (χ2v) is 14.6. The highest BCUT2D eigenvalue weighted by Gasteiger charge is 2.32. The van der Waals surface area contributed by atoms with E-state index in [9.17, 15) is 23.1 Å². The lowest BCUT2D eigenvalue weighted by atomic mass is 10.0. The molecule has 1 heterocycles. The van der Waals surface area contributed by atoms with Crippen molar-refractivity contribution in [1.29, 1.82) is 0 Å². The summed E-state index contributed by atoms with van der Waals surface area (Å²) in [4.78, 5) is 28.9. The van der Waals surface area contributed by atoms with Gasteiger partial charge in [-0.1, -0.05) is 42.8 Å². The molecule has 0 fully saturated rings. The SMILES string of the molecule is Cc1ccc(S(=O)(=O)N(C)C[C@H]2OCCCC[C@@H](C)Oc3ccc(NC(=O)Nc4ccccc4)cc3C(=O)N([C@@H](C)CO)C[C@@H]2C)cc1. The molecular weight excluding hydrogens is 632 g/mol. The van der Waals surface area contributed by atoms with Gasteiger partial charge in [0.2, 0.25) is 10.0 Å². The number of aryl methyl sites for hydroxylation is 1. The van der Waals surface area contributed by atoms with E-state index in [-0.39, 0.29) is 42.2 Å². The quantitative estimate of drug-likeness (QED) is 0.275. The maximum atomic E-state index is 14.3. The molecule has 0 unspecified atom stereocenters. The predicted molar refractivity (Wildman–Crippen MR) is 187 cm³/mol. The Morgan fingerprint density at radius 1 is 1.02 bits per heavy atom. The van der Waals surface area contributed by atoms with Gasteiger partial charge in [-0.05, 0) is 82.5 Å². The Morgan fingerprint density at radius 2 is 1.71 bits per heavy atom. The van der Waals surface area contributed by atoms with Gasteiger partial charge >= 0.3 is 6.03 Å². The van der Waals surface area contributed by atoms with Crippen LogP contribution in [0.3, 0.4) is 0 Å². The number of nitrogens with zero attached hydrogens (tertiary/aromatic N) is 2. The van der Waals surface area contributed by atoms with Gasteiger partial charge in [-0.25, -0.2) is 13.2 Å². The minimum Gasteiger partial charge on any atom is -0.490 e. The van der Waals surface area contributed by atoms with Crippen molar-refractivity contribution in [3.05, 3.63) is 83.9 Å². The molecule has 48 heavy (non-hydrogen) atoms. The summed E-state index contributed by atoms with van der Waals surface area (Å²) in [6.45, 7) is 7.87. The number of para-hydroxylation sites is 1. The molecule has 260 valence electrons. The number of aliphatic hydroxyl groups is 1. The fraction of sp³-hybridized carbons (Fsp3) is 0.444. The topological polar surface area (TPSA) is 138 Å². The van der Waals surface area contributed by atoms with Crippen molar-refractivity contribution in [3.63, 3.8) is 0 Å². The van der Waals surface area contributed by atoms with E-state index in [4.69, 9.17) is 9.47 Å². The first-order chi connectivity index (χ1) is 22.9. The third kappa shape index (κ3) is 9.79. The first kappa shape index (κ1) is 36.9. The number of hydrogen-bond acceptors (Lipinski definition) is 7. The third-order valence-corrected chi connectivity index (χ3v) is 10.3. The van der Waals surface area contributed by atoms with E-state index in [2.05, 4.69) is 10.6 Å². The Bertz CT molecular complexity index is 1620. The largest absolute Gasteiger partial charge is 0.490 e.